The standard InChI is InChI=1S/C18H22N4O2/c1-13-4-3-5-15(10-13)12-19-18-20-14(2)11-16(21-18)17(23)22-6-8-24-9-7-22/h3-5,10-11H,6-9,12H2,1-2H3,(H,19,20,21). The Labute approximate surface area is 141 Å². The molecule has 0 bridgehead atoms. The Hall–Kier alpha value is -2.47. The van der Waals surface area contributed by atoms with Crippen LogP contribution in [-0.2, 0) is 11.3 Å². The fraction of sp³-hybridized carbons (Fsp3) is 0.389. The van der Waals surface area contributed by atoms with Crippen molar-refractivity contribution < 1.29 is 9.53 Å². The number of hydrogen-bond donors (Lipinski definition) is 1. The van der Waals surface area contributed by atoms with E-state index in [1.807, 2.05) is 13.0 Å². The molecule has 2 aromatic rings. The van der Waals surface area contributed by atoms with Gasteiger partial charge in [0.2, 0.25) is 5.95 Å². The van der Waals surface area contributed by atoms with Gasteiger partial charge in [-0.15, -0.1) is 0 Å². The average Bonchev–Trinajstić information content (AvgIpc) is 2.60. The van der Waals surface area contributed by atoms with Gasteiger partial charge in [-0.05, 0) is 25.5 Å². The first-order valence-electron chi connectivity index (χ1n) is 8.14. The summed E-state index contributed by atoms with van der Waals surface area (Å²) in [6, 6.07) is 9.98. The van der Waals surface area contributed by atoms with Crippen molar-refractivity contribution in [2.75, 3.05) is 31.6 Å². The van der Waals surface area contributed by atoms with E-state index in [9.17, 15) is 4.79 Å². The molecular weight excluding hydrogens is 304 g/mol. The van der Waals surface area contributed by atoms with Crippen LogP contribution in [-0.4, -0.2) is 47.1 Å². The van der Waals surface area contributed by atoms with E-state index >= 15 is 0 Å². The number of nitrogens with one attached hydrogen (secondary N) is 1. The van der Waals surface area contributed by atoms with Crippen LogP contribution in [0.5, 0.6) is 0 Å². The molecule has 6 nitrogen and oxygen atoms in total. The minimum atomic E-state index is -0.0672. The van der Waals surface area contributed by atoms with Gasteiger partial charge in [-0.2, -0.15) is 0 Å². The quantitative estimate of drug-likeness (QED) is 0.933. The molecule has 6 heteroatoms. The zero-order chi connectivity index (χ0) is 16.9. The van der Waals surface area contributed by atoms with Crippen LogP contribution < -0.4 is 5.32 Å². The van der Waals surface area contributed by atoms with Crippen molar-refractivity contribution in [1.82, 2.24) is 14.9 Å². The molecule has 126 valence electrons. The second kappa shape index (κ2) is 7.40. The number of benzene rings is 1. The van der Waals surface area contributed by atoms with Crippen molar-refractivity contribution in [2.45, 2.75) is 20.4 Å². The molecule has 0 aliphatic carbocycles. The molecule has 24 heavy (non-hydrogen) atoms. The summed E-state index contributed by atoms with van der Waals surface area (Å²) in [5, 5.41) is 3.21. The van der Waals surface area contributed by atoms with E-state index in [4.69, 9.17) is 4.74 Å². The third-order valence-electron chi connectivity index (χ3n) is 3.90. The van der Waals surface area contributed by atoms with Gasteiger partial charge in [-0.25, -0.2) is 9.97 Å². The minimum Gasteiger partial charge on any atom is -0.378 e. The monoisotopic (exact) mass is 326 g/mol. The fourth-order valence-electron chi connectivity index (χ4n) is 2.69. The van der Waals surface area contributed by atoms with Crippen LogP contribution in [0, 0.1) is 13.8 Å². The Bertz CT molecular complexity index is 727. The number of nitrogens with zero attached hydrogens (tertiary/aromatic N) is 3. The van der Waals surface area contributed by atoms with E-state index in [-0.39, 0.29) is 5.91 Å². The largest absolute Gasteiger partial charge is 0.378 e. The van der Waals surface area contributed by atoms with Gasteiger partial charge < -0.3 is 15.0 Å². The van der Waals surface area contributed by atoms with Crippen LogP contribution in [0.4, 0.5) is 5.95 Å². The van der Waals surface area contributed by atoms with Gasteiger partial charge in [-0.1, -0.05) is 29.8 Å². The molecule has 0 saturated carbocycles. The van der Waals surface area contributed by atoms with Crippen molar-refractivity contribution in [3.05, 3.63) is 52.8 Å². The lowest BCUT2D eigenvalue weighted by atomic mass is 10.1. The molecule has 0 spiro atoms. The molecule has 1 saturated heterocycles. The molecule has 1 fully saturated rings. The molecule has 0 radical (unpaired) electrons. The maximum atomic E-state index is 12.6. The van der Waals surface area contributed by atoms with E-state index in [0.29, 0.717) is 44.5 Å². The molecule has 3 rings (SSSR count). The summed E-state index contributed by atoms with van der Waals surface area (Å²) in [6.45, 7) is 6.92. The number of anilines is 1. The number of carbonyl (C=O) groups is 1. The molecule has 0 atom stereocenters. The summed E-state index contributed by atoms with van der Waals surface area (Å²) in [7, 11) is 0. The molecular formula is C18H22N4O2. The minimum absolute atomic E-state index is 0.0672. The highest BCUT2D eigenvalue weighted by molar-refractivity contribution is 5.92. The molecule has 1 amide bonds. The number of hydrogen-bond acceptors (Lipinski definition) is 5. The lowest BCUT2D eigenvalue weighted by molar-refractivity contribution is 0.0299. The summed E-state index contributed by atoms with van der Waals surface area (Å²) in [5.74, 6) is 0.413. The number of aryl methyl sites for hydroxylation is 2. The van der Waals surface area contributed by atoms with Gasteiger partial charge >= 0.3 is 0 Å². The summed E-state index contributed by atoms with van der Waals surface area (Å²) in [6.07, 6.45) is 0. The van der Waals surface area contributed by atoms with Crippen LogP contribution in [0.1, 0.15) is 27.3 Å². The Kier molecular flexibility index (Phi) is 5.05. The highest BCUT2D eigenvalue weighted by Gasteiger charge is 2.20. The van der Waals surface area contributed by atoms with Crippen molar-refractivity contribution in [3.63, 3.8) is 0 Å². The lowest BCUT2D eigenvalue weighted by Crippen LogP contribution is -2.41. The SMILES string of the molecule is Cc1cccc(CNc2nc(C)cc(C(=O)N3CCOCC3)n2)c1. The van der Waals surface area contributed by atoms with E-state index in [1.54, 1.807) is 11.0 Å². The number of ether oxygens (including phenoxy) is 1. The Balaban J connectivity index is 1.72. The molecule has 2 heterocycles. The average molecular weight is 326 g/mol. The summed E-state index contributed by atoms with van der Waals surface area (Å²) < 4.78 is 5.29. The van der Waals surface area contributed by atoms with Crippen LogP contribution >= 0.6 is 0 Å². The highest BCUT2D eigenvalue weighted by atomic mass is 16.5. The third kappa shape index (κ3) is 4.08. The van der Waals surface area contributed by atoms with Gasteiger partial charge in [0.1, 0.15) is 5.69 Å². The second-order valence-electron chi connectivity index (χ2n) is 5.97. The second-order valence-corrected chi connectivity index (χ2v) is 5.97. The van der Waals surface area contributed by atoms with E-state index < -0.39 is 0 Å². The summed E-state index contributed by atoms with van der Waals surface area (Å²) in [5.41, 5.74) is 3.56. The predicted molar refractivity (Wildman–Crippen MR) is 92.0 cm³/mol. The number of aromatic nitrogens is 2. The molecule has 1 N–H and O–H groups in total. The van der Waals surface area contributed by atoms with Crippen LogP contribution in [0.3, 0.4) is 0 Å². The Morgan fingerprint density at radius 1 is 1.21 bits per heavy atom. The van der Waals surface area contributed by atoms with E-state index in [1.165, 1.54) is 5.56 Å². The first kappa shape index (κ1) is 16.4. The third-order valence-corrected chi connectivity index (χ3v) is 3.90. The van der Waals surface area contributed by atoms with Gasteiger partial charge in [0.05, 0.1) is 13.2 Å². The topological polar surface area (TPSA) is 67.4 Å². The first-order chi connectivity index (χ1) is 11.6. The van der Waals surface area contributed by atoms with Crippen molar-refractivity contribution in [2.24, 2.45) is 0 Å². The van der Waals surface area contributed by atoms with Crippen molar-refractivity contribution in [3.8, 4) is 0 Å². The van der Waals surface area contributed by atoms with Gasteiger partial charge in [-0.3, -0.25) is 4.79 Å². The van der Waals surface area contributed by atoms with Crippen molar-refractivity contribution in [1.29, 1.82) is 0 Å². The van der Waals surface area contributed by atoms with Crippen molar-refractivity contribution >= 4 is 11.9 Å². The van der Waals surface area contributed by atoms with Crippen LogP contribution in [0.25, 0.3) is 0 Å². The Morgan fingerprint density at radius 3 is 2.75 bits per heavy atom. The number of rotatable bonds is 4. The predicted octanol–water partition coefficient (Wildman–Crippen LogP) is 2.18. The zero-order valence-electron chi connectivity index (χ0n) is 14.1. The summed E-state index contributed by atoms with van der Waals surface area (Å²) in [4.78, 5) is 23.1. The highest BCUT2D eigenvalue weighted by Crippen LogP contribution is 2.11. The molecule has 0 unspecified atom stereocenters. The molecule has 1 aromatic carbocycles. The fourth-order valence-corrected chi connectivity index (χ4v) is 2.69. The van der Waals surface area contributed by atoms with Gasteiger partial charge in [0.15, 0.2) is 0 Å². The lowest BCUT2D eigenvalue weighted by Gasteiger charge is -2.26. The maximum absolute atomic E-state index is 12.6. The smallest absolute Gasteiger partial charge is 0.272 e. The van der Waals surface area contributed by atoms with E-state index in [0.717, 1.165) is 11.3 Å². The van der Waals surface area contributed by atoms with Crippen LogP contribution in [0.2, 0.25) is 0 Å². The summed E-state index contributed by atoms with van der Waals surface area (Å²) >= 11 is 0. The van der Waals surface area contributed by atoms with E-state index in [2.05, 4.69) is 40.4 Å². The molecule has 1 aliphatic heterocycles. The van der Waals surface area contributed by atoms with Gasteiger partial charge in [0, 0.05) is 25.3 Å². The molecule has 1 aliphatic rings. The zero-order valence-corrected chi connectivity index (χ0v) is 14.1. The number of morpholine rings is 1. The van der Waals surface area contributed by atoms with Crippen LogP contribution in [0.15, 0.2) is 30.3 Å². The molecule has 1 aromatic heterocycles. The number of amides is 1. The van der Waals surface area contributed by atoms with Gasteiger partial charge in [0.25, 0.3) is 5.91 Å². The maximum Gasteiger partial charge on any atom is 0.272 e. The number of carbonyl (C=O) groups excluding carboxylic acids is 1. The first-order valence-corrected chi connectivity index (χ1v) is 8.14. The normalized spacial score (nSPS) is 14.5. The Morgan fingerprint density at radius 2 is 2.00 bits per heavy atom.